The standard InChI is InChI=1S/C14H19N3O2/c1-11-2-3-12-13(10-11)17(14(18)15-12)5-4-16-6-8-19-9-7-16/h2-3,10H,4-9H2,1H3,(H,15,18). The van der Waals surface area contributed by atoms with E-state index in [1.54, 1.807) is 0 Å². The monoisotopic (exact) mass is 261 g/mol. The molecule has 1 aliphatic heterocycles. The van der Waals surface area contributed by atoms with Gasteiger partial charge in [-0.15, -0.1) is 0 Å². The third-order valence-corrected chi connectivity index (χ3v) is 3.67. The van der Waals surface area contributed by atoms with E-state index >= 15 is 0 Å². The van der Waals surface area contributed by atoms with Gasteiger partial charge in [0.05, 0.1) is 24.2 Å². The smallest absolute Gasteiger partial charge is 0.326 e. The topological polar surface area (TPSA) is 50.3 Å². The maximum Gasteiger partial charge on any atom is 0.326 e. The van der Waals surface area contributed by atoms with Crippen molar-refractivity contribution in [1.82, 2.24) is 14.5 Å². The molecular weight excluding hydrogens is 242 g/mol. The highest BCUT2D eigenvalue weighted by molar-refractivity contribution is 5.75. The molecule has 1 aromatic carbocycles. The van der Waals surface area contributed by atoms with Gasteiger partial charge in [-0.05, 0) is 24.6 Å². The molecule has 2 aromatic rings. The molecule has 5 nitrogen and oxygen atoms in total. The average molecular weight is 261 g/mol. The predicted molar refractivity (Wildman–Crippen MR) is 74.6 cm³/mol. The Balaban J connectivity index is 1.81. The number of imidazole rings is 1. The lowest BCUT2D eigenvalue weighted by atomic mass is 10.2. The Kier molecular flexibility index (Phi) is 3.40. The molecule has 0 radical (unpaired) electrons. The number of H-pyrrole nitrogens is 1. The van der Waals surface area contributed by atoms with Crippen LogP contribution in [0, 0.1) is 6.92 Å². The van der Waals surface area contributed by atoms with Crippen molar-refractivity contribution in [2.45, 2.75) is 13.5 Å². The molecule has 1 aliphatic rings. The van der Waals surface area contributed by atoms with Gasteiger partial charge in [0.2, 0.25) is 0 Å². The van der Waals surface area contributed by atoms with E-state index in [2.05, 4.69) is 16.0 Å². The number of nitrogens with one attached hydrogen (secondary N) is 1. The molecule has 0 saturated carbocycles. The summed E-state index contributed by atoms with van der Waals surface area (Å²) in [7, 11) is 0. The fourth-order valence-electron chi connectivity index (χ4n) is 2.55. The molecule has 1 aromatic heterocycles. The number of hydrogen-bond acceptors (Lipinski definition) is 3. The summed E-state index contributed by atoms with van der Waals surface area (Å²) < 4.78 is 7.16. The second-order valence-electron chi connectivity index (χ2n) is 5.06. The van der Waals surface area contributed by atoms with Gasteiger partial charge in [-0.3, -0.25) is 9.47 Å². The van der Waals surface area contributed by atoms with E-state index in [1.807, 2.05) is 23.6 Å². The van der Waals surface area contributed by atoms with Crippen molar-refractivity contribution in [3.63, 3.8) is 0 Å². The molecular formula is C14H19N3O2. The molecule has 0 aliphatic carbocycles. The van der Waals surface area contributed by atoms with Crippen LogP contribution in [0.4, 0.5) is 0 Å². The quantitative estimate of drug-likeness (QED) is 0.895. The summed E-state index contributed by atoms with van der Waals surface area (Å²) in [6, 6.07) is 6.05. The number of aryl methyl sites for hydroxylation is 1. The Morgan fingerprint density at radius 3 is 2.84 bits per heavy atom. The van der Waals surface area contributed by atoms with E-state index in [9.17, 15) is 4.79 Å². The zero-order valence-corrected chi connectivity index (χ0v) is 11.2. The summed E-state index contributed by atoms with van der Waals surface area (Å²) in [5.74, 6) is 0. The van der Waals surface area contributed by atoms with Gasteiger partial charge in [-0.25, -0.2) is 4.79 Å². The first-order valence-electron chi connectivity index (χ1n) is 6.73. The van der Waals surface area contributed by atoms with Crippen LogP contribution in [0.5, 0.6) is 0 Å². The van der Waals surface area contributed by atoms with Crippen molar-refractivity contribution in [3.8, 4) is 0 Å². The first kappa shape index (κ1) is 12.4. The first-order valence-corrected chi connectivity index (χ1v) is 6.73. The third-order valence-electron chi connectivity index (χ3n) is 3.67. The van der Waals surface area contributed by atoms with Crippen LogP contribution < -0.4 is 5.69 Å². The van der Waals surface area contributed by atoms with Gasteiger partial charge < -0.3 is 9.72 Å². The van der Waals surface area contributed by atoms with Crippen LogP contribution >= 0.6 is 0 Å². The number of aromatic amines is 1. The Bertz CT molecular complexity index is 623. The molecule has 1 fully saturated rings. The van der Waals surface area contributed by atoms with Gasteiger partial charge in [0.15, 0.2) is 0 Å². The lowest BCUT2D eigenvalue weighted by molar-refractivity contribution is 0.0364. The van der Waals surface area contributed by atoms with Crippen LogP contribution in [0.2, 0.25) is 0 Å². The summed E-state index contributed by atoms with van der Waals surface area (Å²) in [5, 5.41) is 0. The zero-order valence-electron chi connectivity index (χ0n) is 11.2. The van der Waals surface area contributed by atoms with Gasteiger partial charge in [0.25, 0.3) is 0 Å². The maximum atomic E-state index is 12.0. The normalized spacial score (nSPS) is 17.1. The van der Waals surface area contributed by atoms with Crippen molar-refractivity contribution < 1.29 is 4.74 Å². The lowest BCUT2D eigenvalue weighted by Crippen LogP contribution is -2.39. The number of morpholine rings is 1. The predicted octanol–water partition coefficient (Wildman–Crippen LogP) is 0.970. The van der Waals surface area contributed by atoms with E-state index < -0.39 is 0 Å². The number of aromatic nitrogens is 2. The van der Waals surface area contributed by atoms with E-state index in [0.29, 0.717) is 0 Å². The third kappa shape index (κ3) is 2.57. The highest BCUT2D eigenvalue weighted by Crippen LogP contribution is 2.12. The molecule has 0 spiro atoms. The second kappa shape index (κ2) is 5.19. The number of benzene rings is 1. The Morgan fingerprint density at radius 2 is 2.05 bits per heavy atom. The van der Waals surface area contributed by atoms with Crippen molar-refractivity contribution >= 4 is 11.0 Å². The summed E-state index contributed by atoms with van der Waals surface area (Å²) >= 11 is 0. The Labute approximate surface area is 111 Å². The summed E-state index contributed by atoms with van der Waals surface area (Å²) in [4.78, 5) is 17.2. The summed E-state index contributed by atoms with van der Waals surface area (Å²) in [5.41, 5.74) is 3.07. The van der Waals surface area contributed by atoms with Crippen LogP contribution in [-0.2, 0) is 11.3 Å². The molecule has 1 saturated heterocycles. The van der Waals surface area contributed by atoms with Crippen LogP contribution in [0.25, 0.3) is 11.0 Å². The molecule has 0 unspecified atom stereocenters. The minimum absolute atomic E-state index is 0.0196. The number of nitrogens with zero attached hydrogens (tertiary/aromatic N) is 2. The largest absolute Gasteiger partial charge is 0.379 e. The minimum Gasteiger partial charge on any atom is -0.379 e. The molecule has 1 N–H and O–H groups in total. The fraction of sp³-hybridized carbons (Fsp3) is 0.500. The molecule has 5 heteroatoms. The number of fused-ring (bicyclic) bond motifs is 1. The van der Waals surface area contributed by atoms with Gasteiger partial charge in [0.1, 0.15) is 0 Å². The van der Waals surface area contributed by atoms with Gasteiger partial charge in [0, 0.05) is 26.2 Å². The van der Waals surface area contributed by atoms with Crippen molar-refractivity contribution in [3.05, 3.63) is 34.2 Å². The van der Waals surface area contributed by atoms with Crippen molar-refractivity contribution in [1.29, 1.82) is 0 Å². The minimum atomic E-state index is -0.0196. The zero-order chi connectivity index (χ0) is 13.2. The van der Waals surface area contributed by atoms with E-state index in [1.165, 1.54) is 5.56 Å². The second-order valence-corrected chi connectivity index (χ2v) is 5.06. The van der Waals surface area contributed by atoms with Gasteiger partial charge >= 0.3 is 5.69 Å². The Hall–Kier alpha value is -1.59. The van der Waals surface area contributed by atoms with E-state index in [-0.39, 0.29) is 5.69 Å². The number of hydrogen-bond donors (Lipinski definition) is 1. The number of ether oxygens (including phenoxy) is 1. The molecule has 0 bridgehead atoms. The molecule has 102 valence electrons. The molecule has 0 atom stereocenters. The highest BCUT2D eigenvalue weighted by atomic mass is 16.5. The molecule has 3 rings (SSSR count). The fourth-order valence-corrected chi connectivity index (χ4v) is 2.55. The maximum absolute atomic E-state index is 12.0. The van der Waals surface area contributed by atoms with Crippen LogP contribution in [-0.4, -0.2) is 47.3 Å². The number of rotatable bonds is 3. The van der Waals surface area contributed by atoms with Crippen LogP contribution in [0.3, 0.4) is 0 Å². The molecule has 2 heterocycles. The molecule has 0 amide bonds. The molecule has 19 heavy (non-hydrogen) atoms. The lowest BCUT2D eigenvalue weighted by Gasteiger charge is -2.26. The summed E-state index contributed by atoms with van der Waals surface area (Å²) in [6.07, 6.45) is 0. The van der Waals surface area contributed by atoms with Gasteiger partial charge in [-0.2, -0.15) is 0 Å². The first-order chi connectivity index (χ1) is 9.24. The van der Waals surface area contributed by atoms with Gasteiger partial charge in [-0.1, -0.05) is 6.07 Å². The van der Waals surface area contributed by atoms with Crippen molar-refractivity contribution in [2.75, 3.05) is 32.8 Å². The van der Waals surface area contributed by atoms with E-state index in [4.69, 9.17) is 4.74 Å². The Morgan fingerprint density at radius 1 is 1.26 bits per heavy atom. The summed E-state index contributed by atoms with van der Waals surface area (Å²) in [6.45, 7) is 7.16. The van der Waals surface area contributed by atoms with Crippen LogP contribution in [0.1, 0.15) is 5.56 Å². The van der Waals surface area contributed by atoms with Crippen LogP contribution in [0.15, 0.2) is 23.0 Å². The SMILES string of the molecule is Cc1ccc2[nH]c(=O)n(CCN3CCOCC3)c2c1. The van der Waals surface area contributed by atoms with E-state index in [0.717, 1.165) is 50.4 Å². The average Bonchev–Trinajstić information content (AvgIpc) is 2.73. The highest BCUT2D eigenvalue weighted by Gasteiger charge is 2.12. The van der Waals surface area contributed by atoms with Crippen molar-refractivity contribution in [2.24, 2.45) is 0 Å².